The molecule has 0 fully saturated rings. The third-order valence-corrected chi connectivity index (χ3v) is 1.18. The van der Waals surface area contributed by atoms with E-state index in [1.54, 1.807) is 20.8 Å². The summed E-state index contributed by atoms with van der Waals surface area (Å²) in [6, 6.07) is 0. The van der Waals surface area contributed by atoms with Crippen LogP contribution < -0.4 is 0 Å². The highest BCUT2D eigenvalue weighted by Gasteiger charge is 2.31. The molecule has 0 aromatic rings. The molecule has 0 spiro atoms. The summed E-state index contributed by atoms with van der Waals surface area (Å²) < 4.78 is 4.24. The van der Waals surface area contributed by atoms with Gasteiger partial charge < -0.3 is 23.9 Å². The molecular weight excluding hydrogens is 168 g/mol. The summed E-state index contributed by atoms with van der Waals surface area (Å²) in [5, 5.41) is 7.57. The Morgan fingerprint density at radius 3 is 1.55 bits per heavy atom. The maximum Gasteiger partial charge on any atom is 0.671 e. The first-order chi connectivity index (χ1) is 4.83. The van der Waals surface area contributed by atoms with Gasteiger partial charge in [-0.3, -0.25) is 0 Å². The number of rotatable bonds is 2. The van der Waals surface area contributed by atoms with E-state index >= 15 is 0 Å². The molecule has 0 saturated heterocycles. The molecule has 0 rings (SSSR count). The molecule has 0 radical (unpaired) electrons. The fraction of sp³-hybridized carbons (Fsp3) is 1.00. The molecule has 0 bridgehead atoms. The van der Waals surface area contributed by atoms with Gasteiger partial charge >= 0.3 is 9.05 Å². The molecule has 0 heterocycles. The Morgan fingerprint density at radius 2 is 1.55 bits per heavy atom. The van der Waals surface area contributed by atoms with E-state index in [0.29, 0.717) is 0 Å². The second-order valence-corrected chi connectivity index (χ2v) is 3.44. The van der Waals surface area contributed by atoms with Crippen LogP contribution in [0, 0.1) is 0 Å². The van der Waals surface area contributed by atoms with Crippen molar-refractivity contribution in [2.24, 2.45) is 0 Å². The Labute approximate surface area is 67.4 Å². The Morgan fingerprint density at radius 1 is 1.27 bits per heavy atom. The number of aliphatic hydroxyl groups is 1. The van der Waals surface area contributed by atoms with Crippen LogP contribution in [0.4, 0.5) is 0 Å². The van der Waals surface area contributed by atoms with Gasteiger partial charge in [-0.1, -0.05) is 0 Å². The Hall–Kier alpha value is 0.0169. The van der Waals surface area contributed by atoms with Crippen LogP contribution in [0.15, 0.2) is 0 Å². The van der Waals surface area contributed by atoms with Crippen molar-refractivity contribution in [2.75, 3.05) is 6.61 Å². The van der Waals surface area contributed by atoms with Crippen molar-refractivity contribution in [1.82, 2.24) is 0 Å². The van der Waals surface area contributed by atoms with E-state index < -0.39 is 9.05 Å². The van der Waals surface area contributed by atoms with Gasteiger partial charge in [-0.25, -0.2) is 0 Å². The first-order valence-electron chi connectivity index (χ1n) is 3.29. The summed E-state index contributed by atoms with van der Waals surface area (Å²) in [5.41, 5.74) is 0. The molecule has 0 aliphatic rings. The lowest BCUT2D eigenvalue weighted by molar-refractivity contribution is 0.0367. The minimum absolute atomic E-state index is 0.250. The Balaban J connectivity index is 0. The van der Waals surface area contributed by atoms with E-state index in [1.165, 1.54) is 0 Å². The van der Waals surface area contributed by atoms with E-state index in [-0.39, 0.29) is 12.7 Å². The first kappa shape index (κ1) is 13.6. The molecule has 0 aliphatic heterocycles. The quantitative estimate of drug-likeness (QED) is 0.406. The van der Waals surface area contributed by atoms with Crippen LogP contribution in [0.2, 0.25) is 0 Å². The highest BCUT2D eigenvalue weighted by Crippen LogP contribution is 1.94. The summed E-state index contributed by atoms with van der Waals surface area (Å²) in [5.74, 6) is 0. The Kier molecular flexibility index (Phi) is 8.29. The average Bonchev–Trinajstić information content (AvgIpc) is 1.57. The smallest absolute Gasteiger partial charge is 0.397 e. The topological polar surface area (TPSA) is 90.2 Å². The highest BCUT2D eigenvalue weighted by atomic mass is 28.4. The zero-order valence-corrected chi connectivity index (χ0v) is 7.98. The van der Waals surface area contributed by atoms with Gasteiger partial charge in [0.1, 0.15) is 0 Å². The predicted molar refractivity (Wildman–Crippen MR) is 41.4 cm³/mol. The maximum atomic E-state index is 8.22. The van der Waals surface area contributed by atoms with Crippen molar-refractivity contribution in [1.29, 1.82) is 0 Å². The highest BCUT2D eigenvalue weighted by molar-refractivity contribution is 6.48. The molecule has 0 saturated carbocycles. The maximum absolute atomic E-state index is 8.22. The summed E-state index contributed by atoms with van der Waals surface area (Å²) in [6.45, 7) is 5.13. The van der Waals surface area contributed by atoms with Gasteiger partial charge in [-0.15, -0.1) is 0 Å². The molecule has 0 aliphatic carbocycles. The van der Waals surface area contributed by atoms with Crippen LogP contribution in [0.3, 0.4) is 0 Å². The standard InChI is InChI=1S/C3H10O4Si.C2H6O/c1-3(2)7-8(4,5)6;1-2-3/h3-6H,1-2H3;3H,2H2,1H3. The molecule has 0 aromatic heterocycles. The summed E-state index contributed by atoms with van der Waals surface area (Å²) >= 11 is 0. The molecule has 11 heavy (non-hydrogen) atoms. The van der Waals surface area contributed by atoms with Gasteiger partial charge in [0.25, 0.3) is 0 Å². The monoisotopic (exact) mass is 184 g/mol. The minimum atomic E-state index is -4.22. The summed E-state index contributed by atoms with van der Waals surface area (Å²) in [7, 11) is -4.22. The molecule has 70 valence electrons. The van der Waals surface area contributed by atoms with Crippen LogP contribution >= 0.6 is 0 Å². The second kappa shape index (κ2) is 6.71. The molecule has 4 N–H and O–H groups in total. The lowest BCUT2D eigenvalue weighted by atomic mass is 10.5. The van der Waals surface area contributed by atoms with Crippen molar-refractivity contribution >= 4 is 9.05 Å². The van der Waals surface area contributed by atoms with Gasteiger partial charge in [0.15, 0.2) is 0 Å². The third-order valence-electron chi connectivity index (χ3n) is 0.394. The number of hydrogen-bond acceptors (Lipinski definition) is 5. The number of aliphatic hydroxyl groups excluding tert-OH is 1. The zero-order chi connectivity index (χ0) is 9.49. The normalized spacial score (nSPS) is 10.9. The largest absolute Gasteiger partial charge is 0.671 e. The summed E-state index contributed by atoms with van der Waals surface area (Å²) in [6.07, 6.45) is -0.346. The van der Waals surface area contributed by atoms with Crippen LogP contribution in [0.1, 0.15) is 20.8 Å². The molecule has 6 heteroatoms. The van der Waals surface area contributed by atoms with Crippen molar-refractivity contribution in [3.8, 4) is 0 Å². The molecule has 0 amide bonds. The molecule has 5 nitrogen and oxygen atoms in total. The van der Waals surface area contributed by atoms with Crippen molar-refractivity contribution in [2.45, 2.75) is 26.9 Å². The second-order valence-electron chi connectivity index (χ2n) is 2.06. The zero-order valence-electron chi connectivity index (χ0n) is 6.98. The molecule has 0 aromatic carbocycles. The molecule has 0 unspecified atom stereocenters. The predicted octanol–water partition coefficient (Wildman–Crippen LogP) is -1.18. The fourth-order valence-electron chi connectivity index (χ4n) is 0.316. The third kappa shape index (κ3) is 25.6. The Bertz CT molecular complexity index is 79.4. The average molecular weight is 184 g/mol. The fourth-order valence-corrected chi connectivity index (χ4v) is 0.949. The van der Waals surface area contributed by atoms with Crippen LogP contribution in [0.25, 0.3) is 0 Å². The van der Waals surface area contributed by atoms with E-state index in [4.69, 9.17) is 19.5 Å². The van der Waals surface area contributed by atoms with Gasteiger partial charge in [-0.2, -0.15) is 0 Å². The van der Waals surface area contributed by atoms with Crippen molar-refractivity contribution in [3.63, 3.8) is 0 Å². The summed E-state index contributed by atoms with van der Waals surface area (Å²) in [4.78, 5) is 24.6. The van der Waals surface area contributed by atoms with Crippen LogP contribution in [0.5, 0.6) is 0 Å². The lowest BCUT2D eigenvalue weighted by Gasteiger charge is -2.11. The van der Waals surface area contributed by atoms with E-state index in [9.17, 15) is 0 Å². The van der Waals surface area contributed by atoms with Crippen LogP contribution in [-0.2, 0) is 4.43 Å². The van der Waals surface area contributed by atoms with E-state index in [2.05, 4.69) is 4.43 Å². The van der Waals surface area contributed by atoms with Crippen molar-refractivity contribution in [3.05, 3.63) is 0 Å². The SMILES string of the molecule is CC(C)O[Si](O)(O)O.CCO. The molecular formula is C5H16O5Si. The van der Waals surface area contributed by atoms with Crippen LogP contribution in [-0.4, -0.2) is 41.3 Å². The van der Waals surface area contributed by atoms with E-state index in [1.807, 2.05) is 0 Å². The minimum Gasteiger partial charge on any atom is -0.397 e. The lowest BCUT2D eigenvalue weighted by Crippen LogP contribution is -2.41. The molecule has 0 atom stereocenters. The van der Waals surface area contributed by atoms with Gasteiger partial charge in [-0.05, 0) is 20.8 Å². The van der Waals surface area contributed by atoms with Crippen molar-refractivity contribution < 1.29 is 23.9 Å². The van der Waals surface area contributed by atoms with Gasteiger partial charge in [0.05, 0.1) is 0 Å². The number of hydrogen-bond donors (Lipinski definition) is 4. The van der Waals surface area contributed by atoms with Gasteiger partial charge in [0.2, 0.25) is 0 Å². The first-order valence-corrected chi connectivity index (χ1v) is 5.04. The van der Waals surface area contributed by atoms with E-state index in [0.717, 1.165) is 0 Å². The van der Waals surface area contributed by atoms with Gasteiger partial charge in [0, 0.05) is 12.7 Å².